The number of likely N-dealkylation sites (tertiary alicyclic amines) is 1. The van der Waals surface area contributed by atoms with Crippen LogP contribution in [0.5, 0.6) is 0 Å². The van der Waals surface area contributed by atoms with E-state index >= 15 is 0 Å². The van der Waals surface area contributed by atoms with E-state index in [0.717, 1.165) is 13.1 Å². The van der Waals surface area contributed by atoms with Crippen LogP contribution in [0, 0.1) is 0 Å². The predicted octanol–water partition coefficient (Wildman–Crippen LogP) is 3.98. The Bertz CT molecular complexity index is 888. The summed E-state index contributed by atoms with van der Waals surface area (Å²) in [7, 11) is -3.44. The minimum Gasteiger partial charge on any atom is -0.303 e. The van der Waals surface area contributed by atoms with Crippen molar-refractivity contribution in [2.45, 2.75) is 50.1 Å². The van der Waals surface area contributed by atoms with Gasteiger partial charge in [-0.3, -0.25) is 0 Å². The van der Waals surface area contributed by atoms with Crippen molar-refractivity contribution in [2.75, 3.05) is 19.6 Å². The van der Waals surface area contributed by atoms with Crippen LogP contribution in [-0.2, 0) is 23.1 Å². The normalized spacial score (nSPS) is 19.3. The zero-order valence-electron chi connectivity index (χ0n) is 16.0. The van der Waals surface area contributed by atoms with Gasteiger partial charge in [-0.05, 0) is 73.6 Å². The van der Waals surface area contributed by atoms with Gasteiger partial charge in [0.2, 0.25) is 10.0 Å². The van der Waals surface area contributed by atoms with Crippen LogP contribution in [0.4, 0.5) is 0 Å². The van der Waals surface area contributed by atoms with Gasteiger partial charge < -0.3 is 4.90 Å². The molecule has 0 N–H and O–H groups in total. The second-order valence-corrected chi connectivity index (χ2v) is 9.62. The maximum atomic E-state index is 13.0. The van der Waals surface area contributed by atoms with E-state index in [2.05, 4.69) is 30.0 Å². The monoisotopic (exact) mass is 384 g/mol. The number of piperidine rings is 1. The fourth-order valence-corrected chi connectivity index (χ4v) is 5.90. The molecule has 144 valence electrons. The fraction of sp³-hybridized carbons (Fsp3) is 0.455. The second-order valence-electron chi connectivity index (χ2n) is 7.69. The summed E-state index contributed by atoms with van der Waals surface area (Å²) in [5.41, 5.74) is 3.78. The minimum atomic E-state index is -3.44. The summed E-state index contributed by atoms with van der Waals surface area (Å²) >= 11 is 0. The van der Waals surface area contributed by atoms with Crippen molar-refractivity contribution in [1.82, 2.24) is 9.21 Å². The van der Waals surface area contributed by atoms with Crippen LogP contribution in [0.3, 0.4) is 0 Å². The first-order valence-corrected chi connectivity index (χ1v) is 11.4. The van der Waals surface area contributed by atoms with Gasteiger partial charge >= 0.3 is 0 Å². The van der Waals surface area contributed by atoms with E-state index < -0.39 is 10.0 Å². The average molecular weight is 385 g/mol. The molecule has 0 aromatic heterocycles. The van der Waals surface area contributed by atoms with Gasteiger partial charge in [0, 0.05) is 13.1 Å². The first-order chi connectivity index (χ1) is 13.1. The highest BCUT2D eigenvalue weighted by molar-refractivity contribution is 7.89. The lowest BCUT2D eigenvalue weighted by atomic mass is 9.85. The zero-order valence-corrected chi connectivity index (χ0v) is 16.8. The highest BCUT2D eigenvalue weighted by atomic mass is 32.2. The number of fused-ring (bicyclic) bond motifs is 1. The highest BCUT2D eigenvalue weighted by Gasteiger charge is 2.33. The van der Waals surface area contributed by atoms with Crippen LogP contribution < -0.4 is 0 Å². The van der Waals surface area contributed by atoms with Gasteiger partial charge in [-0.25, -0.2) is 8.42 Å². The van der Waals surface area contributed by atoms with Gasteiger partial charge in [0.15, 0.2) is 0 Å². The fourth-order valence-electron chi connectivity index (χ4n) is 4.50. The second kappa shape index (κ2) is 7.74. The van der Waals surface area contributed by atoms with Crippen LogP contribution in [0.25, 0.3) is 0 Å². The van der Waals surface area contributed by atoms with Crippen LogP contribution in [0.15, 0.2) is 53.4 Å². The van der Waals surface area contributed by atoms with Crippen molar-refractivity contribution >= 4 is 10.0 Å². The lowest BCUT2D eigenvalue weighted by Crippen LogP contribution is -2.33. The topological polar surface area (TPSA) is 40.6 Å². The summed E-state index contributed by atoms with van der Waals surface area (Å²) in [6.07, 6.45) is 3.54. The molecule has 0 spiro atoms. The van der Waals surface area contributed by atoms with Crippen molar-refractivity contribution in [3.63, 3.8) is 0 Å². The molecule has 2 aliphatic heterocycles. The number of sulfonamides is 1. The van der Waals surface area contributed by atoms with Crippen molar-refractivity contribution in [1.29, 1.82) is 0 Å². The van der Waals surface area contributed by atoms with E-state index in [4.69, 9.17) is 0 Å². The van der Waals surface area contributed by atoms with Crippen LogP contribution in [0.1, 0.15) is 48.8 Å². The lowest BCUT2D eigenvalue weighted by Gasteiger charge is -2.32. The molecule has 4 rings (SSSR count). The van der Waals surface area contributed by atoms with Gasteiger partial charge in [-0.15, -0.1) is 0 Å². The summed E-state index contributed by atoms with van der Waals surface area (Å²) < 4.78 is 27.7. The first kappa shape index (κ1) is 18.7. The summed E-state index contributed by atoms with van der Waals surface area (Å²) in [6, 6.07) is 15.2. The molecule has 0 unspecified atom stereocenters. The molecule has 5 heteroatoms. The molecule has 0 saturated carbocycles. The van der Waals surface area contributed by atoms with E-state index in [1.54, 1.807) is 28.6 Å². The van der Waals surface area contributed by atoms with E-state index in [0.29, 0.717) is 23.9 Å². The molecule has 0 radical (unpaired) electrons. The molecule has 0 aliphatic carbocycles. The van der Waals surface area contributed by atoms with E-state index in [1.807, 2.05) is 6.07 Å². The van der Waals surface area contributed by atoms with Crippen molar-refractivity contribution < 1.29 is 8.42 Å². The Morgan fingerprint density at radius 1 is 0.963 bits per heavy atom. The van der Waals surface area contributed by atoms with E-state index in [1.165, 1.54) is 42.5 Å². The third-order valence-electron chi connectivity index (χ3n) is 5.94. The van der Waals surface area contributed by atoms with Gasteiger partial charge in [0.1, 0.15) is 0 Å². The Morgan fingerprint density at radius 3 is 2.41 bits per heavy atom. The lowest BCUT2D eigenvalue weighted by molar-refractivity contribution is 0.212. The molecular formula is C22H28N2O2S. The van der Waals surface area contributed by atoms with Gasteiger partial charge in [-0.1, -0.05) is 43.3 Å². The maximum Gasteiger partial charge on any atom is 0.243 e. The molecule has 0 amide bonds. The highest BCUT2D eigenvalue weighted by Crippen LogP contribution is 2.37. The maximum absolute atomic E-state index is 13.0. The van der Waals surface area contributed by atoms with E-state index in [-0.39, 0.29) is 0 Å². The quantitative estimate of drug-likeness (QED) is 0.783. The Kier molecular flexibility index (Phi) is 5.35. The SMILES string of the molecule is CCCN1CCC(c2cccc3c2CN(S(=O)(=O)c2ccccc2)C3)CC1. The van der Waals surface area contributed by atoms with E-state index in [9.17, 15) is 8.42 Å². The largest absolute Gasteiger partial charge is 0.303 e. The molecule has 0 bridgehead atoms. The molecule has 2 heterocycles. The van der Waals surface area contributed by atoms with Gasteiger partial charge in [-0.2, -0.15) is 4.31 Å². The standard InChI is InChI=1S/C22H28N2O2S/c1-2-13-23-14-11-18(12-15-23)21-10-6-7-19-16-24(17-22(19)21)27(25,26)20-8-4-3-5-9-20/h3-10,18H,2,11-17H2,1H3. The molecule has 1 fully saturated rings. The van der Waals surface area contributed by atoms with Gasteiger partial charge in [0.05, 0.1) is 4.90 Å². The smallest absolute Gasteiger partial charge is 0.243 e. The molecule has 1 saturated heterocycles. The first-order valence-electron chi connectivity index (χ1n) is 9.98. The Balaban J connectivity index is 1.55. The van der Waals surface area contributed by atoms with Crippen LogP contribution in [-0.4, -0.2) is 37.3 Å². The number of nitrogens with zero attached hydrogens (tertiary/aromatic N) is 2. The van der Waals surface area contributed by atoms with Crippen molar-refractivity contribution in [3.8, 4) is 0 Å². The number of rotatable bonds is 5. The summed E-state index contributed by atoms with van der Waals surface area (Å²) in [5.74, 6) is 0.549. The summed E-state index contributed by atoms with van der Waals surface area (Å²) in [6.45, 7) is 6.69. The molecule has 2 aliphatic rings. The Morgan fingerprint density at radius 2 is 1.70 bits per heavy atom. The molecule has 4 nitrogen and oxygen atoms in total. The Labute approximate surface area is 162 Å². The summed E-state index contributed by atoms with van der Waals surface area (Å²) in [4.78, 5) is 2.93. The van der Waals surface area contributed by atoms with Gasteiger partial charge in [0.25, 0.3) is 0 Å². The molecular weight excluding hydrogens is 356 g/mol. The number of hydrogen-bond donors (Lipinski definition) is 0. The van der Waals surface area contributed by atoms with Crippen molar-refractivity contribution in [2.24, 2.45) is 0 Å². The number of benzene rings is 2. The predicted molar refractivity (Wildman–Crippen MR) is 108 cm³/mol. The Hall–Kier alpha value is -1.69. The zero-order chi connectivity index (χ0) is 18.9. The molecule has 2 aromatic carbocycles. The molecule has 2 aromatic rings. The third-order valence-corrected chi connectivity index (χ3v) is 7.74. The van der Waals surface area contributed by atoms with Crippen LogP contribution in [0.2, 0.25) is 0 Å². The van der Waals surface area contributed by atoms with Crippen molar-refractivity contribution in [3.05, 3.63) is 65.2 Å². The number of hydrogen-bond acceptors (Lipinski definition) is 3. The van der Waals surface area contributed by atoms with Crippen LogP contribution >= 0.6 is 0 Å². The average Bonchev–Trinajstić information content (AvgIpc) is 3.15. The third kappa shape index (κ3) is 3.68. The molecule has 0 atom stereocenters. The minimum absolute atomic E-state index is 0.382. The molecule has 27 heavy (non-hydrogen) atoms. The summed E-state index contributed by atoms with van der Waals surface area (Å²) in [5, 5.41) is 0.